The fraction of sp³-hybridized carbons (Fsp3) is 0.650. The number of rotatable bonds is 5. The maximum Gasteiger partial charge on any atom is 0.319 e. The van der Waals surface area contributed by atoms with Gasteiger partial charge in [0.15, 0.2) is 0 Å². The van der Waals surface area contributed by atoms with Crippen molar-refractivity contribution in [3.05, 3.63) is 24.3 Å². The molecule has 2 fully saturated rings. The number of quaternary nitrogens is 1. The van der Waals surface area contributed by atoms with Gasteiger partial charge in [0.2, 0.25) is 0 Å². The molecule has 0 radical (unpaired) electrons. The molecule has 138 valence electrons. The van der Waals surface area contributed by atoms with Crippen molar-refractivity contribution in [2.45, 2.75) is 77.0 Å². The third-order valence-corrected chi connectivity index (χ3v) is 5.61. The third-order valence-electron chi connectivity index (χ3n) is 5.61. The van der Waals surface area contributed by atoms with E-state index in [1.54, 1.807) is 4.90 Å². The Kier molecular flexibility index (Phi) is 5.84. The van der Waals surface area contributed by atoms with Crippen LogP contribution in [-0.4, -0.2) is 36.8 Å². The zero-order valence-electron chi connectivity index (χ0n) is 15.7. The van der Waals surface area contributed by atoms with Gasteiger partial charge in [-0.3, -0.25) is 0 Å². The van der Waals surface area contributed by atoms with Crippen LogP contribution in [0.4, 0.5) is 10.5 Å². The second-order valence-electron chi connectivity index (χ2n) is 7.70. The quantitative estimate of drug-likeness (QED) is 0.767. The molecule has 0 spiro atoms. The first-order chi connectivity index (χ1) is 12.1. The first kappa shape index (κ1) is 18.1. The van der Waals surface area contributed by atoms with Crippen LogP contribution >= 0.6 is 0 Å². The van der Waals surface area contributed by atoms with Gasteiger partial charge in [-0.1, -0.05) is 0 Å². The third kappa shape index (κ3) is 4.46. The second-order valence-corrected chi connectivity index (χ2v) is 7.70. The Hall–Kier alpha value is -1.75. The minimum absolute atomic E-state index is 0.0970. The molecule has 3 N–H and O–H groups in total. The van der Waals surface area contributed by atoms with E-state index >= 15 is 0 Å². The van der Waals surface area contributed by atoms with Gasteiger partial charge in [0.25, 0.3) is 0 Å². The number of amides is 2. The van der Waals surface area contributed by atoms with Crippen molar-refractivity contribution < 1.29 is 14.4 Å². The zero-order chi connectivity index (χ0) is 17.8. The topological polar surface area (TPSA) is 54.8 Å². The average Bonchev–Trinajstić information content (AvgIpc) is 2.56. The van der Waals surface area contributed by atoms with Crippen LogP contribution in [0.2, 0.25) is 0 Å². The van der Waals surface area contributed by atoms with E-state index in [0.29, 0.717) is 30.8 Å². The number of hydrogen-bond donors (Lipinski definition) is 3. The standard InChI is InChI=1S/C20H31N3O2/c1-4-25-19-10-8-15(9-11-19)21-20(24)22-16-12-17-6-5-7-18(13-16)23(17)14(2)3/h8-11,14,16-18H,4-7,12-13H2,1-3H3,(H2,21,22,24)/p+1/t16?,17-,18+. The molecule has 2 unspecified atom stereocenters. The monoisotopic (exact) mass is 346 g/mol. The van der Waals surface area contributed by atoms with Crippen LogP contribution in [0, 0.1) is 0 Å². The van der Waals surface area contributed by atoms with E-state index in [-0.39, 0.29) is 6.03 Å². The number of urea groups is 1. The highest BCUT2D eigenvalue weighted by Crippen LogP contribution is 2.23. The summed E-state index contributed by atoms with van der Waals surface area (Å²) < 4.78 is 5.43. The Balaban J connectivity index is 1.53. The predicted molar refractivity (Wildman–Crippen MR) is 100 cm³/mol. The molecule has 0 saturated carbocycles. The van der Waals surface area contributed by atoms with Crippen molar-refractivity contribution in [3.8, 4) is 5.75 Å². The van der Waals surface area contributed by atoms with Gasteiger partial charge in [-0.05, 0) is 64.3 Å². The van der Waals surface area contributed by atoms with Crippen molar-refractivity contribution in [2.75, 3.05) is 11.9 Å². The number of benzene rings is 1. The van der Waals surface area contributed by atoms with Crippen molar-refractivity contribution in [3.63, 3.8) is 0 Å². The summed E-state index contributed by atoms with van der Waals surface area (Å²) in [5, 5.41) is 6.15. The van der Waals surface area contributed by atoms with Crippen molar-refractivity contribution in [2.24, 2.45) is 0 Å². The zero-order valence-corrected chi connectivity index (χ0v) is 15.7. The Bertz CT molecular complexity index is 559. The van der Waals surface area contributed by atoms with E-state index in [4.69, 9.17) is 4.74 Å². The molecule has 1 aromatic rings. The molecule has 2 heterocycles. The van der Waals surface area contributed by atoms with Gasteiger partial charge >= 0.3 is 6.03 Å². The number of fused-ring (bicyclic) bond motifs is 2. The number of carbonyl (C=O) groups excluding carboxylic acids is 1. The highest BCUT2D eigenvalue weighted by atomic mass is 16.5. The second kappa shape index (κ2) is 8.09. The summed E-state index contributed by atoms with van der Waals surface area (Å²) in [5.41, 5.74) is 0.798. The molecule has 5 heteroatoms. The highest BCUT2D eigenvalue weighted by molar-refractivity contribution is 5.89. The predicted octanol–water partition coefficient (Wildman–Crippen LogP) is 2.58. The number of carbonyl (C=O) groups is 1. The Labute approximate surface area is 151 Å². The molecule has 5 nitrogen and oxygen atoms in total. The fourth-order valence-corrected chi connectivity index (χ4v) is 4.78. The van der Waals surface area contributed by atoms with E-state index in [0.717, 1.165) is 24.3 Å². The SMILES string of the molecule is CCOc1ccc(NC(=O)NC2C[C@H]3CCC[C@@H](C2)[NH+]3C(C)C)cc1. The molecule has 2 bridgehead atoms. The van der Waals surface area contributed by atoms with E-state index in [1.807, 2.05) is 31.2 Å². The molecule has 2 aliphatic rings. The minimum atomic E-state index is -0.0970. The van der Waals surface area contributed by atoms with Gasteiger partial charge in [-0.15, -0.1) is 0 Å². The number of nitrogens with one attached hydrogen (secondary N) is 3. The van der Waals surface area contributed by atoms with Gasteiger partial charge in [-0.2, -0.15) is 0 Å². The summed E-state index contributed by atoms with van der Waals surface area (Å²) >= 11 is 0. The molecule has 2 saturated heterocycles. The Morgan fingerprint density at radius 1 is 1.20 bits per heavy atom. The molecule has 1 aromatic carbocycles. The Morgan fingerprint density at radius 3 is 2.40 bits per heavy atom. The first-order valence-corrected chi connectivity index (χ1v) is 9.73. The summed E-state index contributed by atoms with van der Waals surface area (Å²) in [4.78, 5) is 14.1. The van der Waals surface area contributed by atoms with Crippen molar-refractivity contribution >= 4 is 11.7 Å². The fourth-order valence-electron chi connectivity index (χ4n) is 4.78. The maximum atomic E-state index is 12.4. The van der Waals surface area contributed by atoms with Gasteiger partial charge in [0.05, 0.1) is 24.7 Å². The lowest BCUT2D eigenvalue weighted by atomic mass is 9.81. The number of hydrogen-bond acceptors (Lipinski definition) is 2. The summed E-state index contributed by atoms with van der Waals surface area (Å²) in [5.74, 6) is 0.824. The Morgan fingerprint density at radius 2 is 1.84 bits per heavy atom. The molecule has 2 aliphatic heterocycles. The molecule has 0 aliphatic carbocycles. The van der Waals surface area contributed by atoms with Crippen LogP contribution in [0.15, 0.2) is 24.3 Å². The van der Waals surface area contributed by atoms with Crippen molar-refractivity contribution in [1.82, 2.24) is 5.32 Å². The lowest BCUT2D eigenvalue weighted by Crippen LogP contribution is -3.23. The lowest BCUT2D eigenvalue weighted by molar-refractivity contribution is -0.980. The smallest absolute Gasteiger partial charge is 0.319 e. The van der Waals surface area contributed by atoms with Crippen LogP contribution in [0.25, 0.3) is 0 Å². The van der Waals surface area contributed by atoms with E-state index < -0.39 is 0 Å². The molecule has 4 atom stereocenters. The van der Waals surface area contributed by atoms with E-state index in [9.17, 15) is 4.79 Å². The van der Waals surface area contributed by atoms with Gasteiger partial charge in [0, 0.05) is 24.6 Å². The van der Waals surface area contributed by atoms with Crippen LogP contribution in [0.3, 0.4) is 0 Å². The highest BCUT2D eigenvalue weighted by Gasteiger charge is 2.43. The largest absolute Gasteiger partial charge is 0.494 e. The molecule has 2 amide bonds. The minimum Gasteiger partial charge on any atom is -0.494 e. The number of ether oxygens (including phenoxy) is 1. The van der Waals surface area contributed by atoms with Gasteiger partial charge in [0.1, 0.15) is 5.75 Å². The summed E-state index contributed by atoms with van der Waals surface area (Å²) in [7, 11) is 0. The average molecular weight is 346 g/mol. The molecular weight excluding hydrogens is 314 g/mol. The number of anilines is 1. The summed E-state index contributed by atoms with van der Waals surface area (Å²) in [6.07, 6.45) is 6.13. The van der Waals surface area contributed by atoms with E-state index in [2.05, 4.69) is 24.5 Å². The lowest BCUT2D eigenvalue weighted by Gasteiger charge is -2.47. The maximum absolute atomic E-state index is 12.4. The summed E-state index contributed by atoms with van der Waals surface area (Å²) in [6.45, 7) is 7.26. The molecular formula is C20H32N3O2+. The molecule has 0 aromatic heterocycles. The molecule has 25 heavy (non-hydrogen) atoms. The van der Waals surface area contributed by atoms with Crippen LogP contribution in [-0.2, 0) is 0 Å². The van der Waals surface area contributed by atoms with Gasteiger partial charge < -0.3 is 20.3 Å². The number of piperidine rings is 2. The van der Waals surface area contributed by atoms with Crippen LogP contribution in [0.5, 0.6) is 5.75 Å². The molecule has 3 rings (SSSR count). The normalized spacial score (nSPS) is 28.5. The van der Waals surface area contributed by atoms with Crippen LogP contribution in [0.1, 0.15) is 52.9 Å². The van der Waals surface area contributed by atoms with E-state index in [1.165, 1.54) is 19.3 Å². The first-order valence-electron chi connectivity index (χ1n) is 9.73. The van der Waals surface area contributed by atoms with Crippen molar-refractivity contribution in [1.29, 1.82) is 0 Å². The van der Waals surface area contributed by atoms with Crippen LogP contribution < -0.4 is 20.3 Å². The van der Waals surface area contributed by atoms with Gasteiger partial charge in [-0.25, -0.2) is 4.79 Å². The summed E-state index contributed by atoms with van der Waals surface area (Å²) in [6, 6.07) is 9.79.